The fourth-order valence-corrected chi connectivity index (χ4v) is 4.83. The zero-order valence-electron chi connectivity index (χ0n) is 17.3. The van der Waals surface area contributed by atoms with Crippen molar-refractivity contribution >= 4 is 23.2 Å². The lowest BCUT2D eigenvalue weighted by Crippen LogP contribution is -2.41. The van der Waals surface area contributed by atoms with Crippen molar-refractivity contribution in [2.45, 2.75) is 66.7 Å². The van der Waals surface area contributed by atoms with Crippen molar-refractivity contribution in [1.82, 2.24) is 16.0 Å². The van der Waals surface area contributed by atoms with Gasteiger partial charge in [-0.1, -0.05) is 25.9 Å². The minimum absolute atomic E-state index is 0.234. The van der Waals surface area contributed by atoms with Gasteiger partial charge in [0, 0.05) is 16.9 Å². The van der Waals surface area contributed by atoms with E-state index in [9.17, 15) is 9.59 Å². The molecule has 0 aromatic carbocycles. The van der Waals surface area contributed by atoms with Gasteiger partial charge in [-0.3, -0.25) is 20.4 Å². The van der Waals surface area contributed by atoms with Gasteiger partial charge in [0.1, 0.15) is 5.76 Å². The molecule has 2 amide bonds. The average Bonchev–Trinajstić information content (AvgIpc) is 3.20. The van der Waals surface area contributed by atoms with Gasteiger partial charge < -0.3 is 4.52 Å². The number of hydrazine groups is 1. The minimum atomic E-state index is -0.252. The van der Waals surface area contributed by atoms with Gasteiger partial charge in [0.05, 0.1) is 10.6 Å². The van der Waals surface area contributed by atoms with Crippen LogP contribution in [0.15, 0.2) is 10.6 Å². The van der Waals surface area contributed by atoms with E-state index in [2.05, 4.69) is 36.8 Å². The number of rotatable bonds is 4. The van der Waals surface area contributed by atoms with Crippen molar-refractivity contribution in [3.63, 3.8) is 0 Å². The summed E-state index contributed by atoms with van der Waals surface area (Å²) in [5, 5.41) is 3.89. The van der Waals surface area contributed by atoms with Crippen LogP contribution in [0.1, 0.15) is 70.7 Å². The first kappa shape index (κ1) is 20.6. The van der Waals surface area contributed by atoms with E-state index in [1.807, 2.05) is 19.9 Å². The van der Waals surface area contributed by atoms with Crippen LogP contribution in [0, 0.1) is 25.2 Å². The smallest absolute Gasteiger partial charge is 0.279 e. The maximum absolute atomic E-state index is 12.4. The Labute approximate surface area is 170 Å². The molecule has 0 unspecified atom stereocenters. The summed E-state index contributed by atoms with van der Waals surface area (Å²) in [7, 11) is 0. The molecule has 0 aliphatic heterocycles. The molecule has 2 heterocycles. The van der Waals surface area contributed by atoms with Crippen LogP contribution in [0.3, 0.4) is 0 Å². The monoisotopic (exact) mass is 403 g/mol. The Bertz CT molecular complexity index is 857. The van der Waals surface area contributed by atoms with E-state index in [1.54, 1.807) is 0 Å². The third-order valence-corrected chi connectivity index (χ3v) is 6.87. The highest BCUT2D eigenvalue weighted by Gasteiger charge is 2.30. The Morgan fingerprint density at radius 2 is 2.04 bits per heavy atom. The number of carbonyl (C=O) groups excluding carboxylic acids is 2. The van der Waals surface area contributed by atoms with Gasteiger partial charge in [-0.05, 0) is 62.5 Å². The number of thiophene rings is 1. The minimum Gasteiger partial charge on any atom is -0.361 e. The summed E-state index contributed by atoms with van der Waals surface area (Å²) in [6, 6.07) is 1.99. The summed E-state index contributed by atoms with van der Waals surface area (Å²) in [5.74, 6) is 0.876. The summed E-state index contributed by atoms with van der Waals surface area (Å²) >= 11 is 1.54. The Morgan fingerprint density at radius 3 is 2.68 bits per heavy atom. The molecule has 3 rings (SSSR count). The number of hydrogen-bond donors (Lipinski definition) is 2. The fourth-order valence-electron chi connectivity index (χ4n) is 3.72. The van der Waals surface area contributed by atoms with Crippen LogP contribution in [0.2, 0.25) is 0 Å². The van der Waals surface area contributed by atoms with Gasteiger partial charge in [-0.2, -0.15) is 0 Å². The van der Waals surface area contributed by atoms with Crippen LogP contribution >= 0.6 is 11.3 Å². The summed E-state index contributed by atoms with van der Waals surface area (Å²) in [4.78, 5) is 26.5. The molecule has 1 aliphatic rings. The first-order chi connectivity index (χ1) is 13.1. The number of aromatic nitrogens is 1. The lowest BCUT2D eigenvalue weighted by atomic mass is 9.72. The molecule has 0 bridgehead atoms. The largest absolute Gasteiger partial charge is 0.361 e. The first-order valence-corrected chi connectivity index (χ1v) is 10.6. The highest BCUT2D eigenvalue weighted by molar-refractivity contribution is 7.14. The summed E-state index contributed by atoms with van der Waals surface area (Å²) in [5.41, 5.74) is 8.36. The van der Waals surface area contributed by atoms with Crippen molar-refractivity contribution in [3.8, 4) is 0 Å². The zero-order valence-corrected chi connectivity index (χ0v) is 18.1. The Hall–Kier alpha value is -2.15. The number of amides is 2. The van der Waals surface area contributed by atoms with Crippen LogP contribution in [0.4, 0.5) is 0 Å². The molecule has 0 saturated carbocycles. The molecular weight excluding hydrogens is 374 g/mol. The number of hydrogen-bond acceptors (Lipinski definition) is 5. The highest BCUT2D eigenvalue weighted by Crippen LogP contribution is 2.40. The Balaban J connectivity index is 1.52. The molecule has 6 nitrogen and oxygen atoms in total. The predicted molar refractivity (Wildman–Crippen MR) is 109 cm³/mol. The second-order valence-corrected chi connectivity index (χ2v) is 9.81. The SMILES string of the molecule is Cc1noc(C)c1CCC(=O)NNC(=O)c1cc2c(s1)CC[C@H](C(C)(C)C)C2. The van der Waals surface area contributed by atoms with E-state index in [0.29, 0.717) is 17.2 Å². The van der Waals surface area contributed by atoms with Gasteiger partial charge in [-0.25, -0.2) is 0 Å². The highest BCUT2D eigenvalue weighted by atomic mass is 32.1. The predicted octanol–water partition coefficient (Wildman–Crippen LogP) is 3.90. The van der Waals surface area contributed by atoms with Gasteiger partial charge in [0.2, 0.25) is 5.91 Å². The Kier molecular flexibility index (Phi) is 5.93. The molecular formula is C21H29N3O3S. The molecule has 0 spiro atoms. The molecule has 0 radical (unpaired) electrons. The molecule has 2 aromatic rings. The van der Waals surface area contributed by atoms with E-state index < -0.39 is 0 Å². The van der Waals surface area contributed by atoms with Crippen LogP contribution in [-0.4, -0.2) is 17.0 Å². The number of nitrogens with zero attached hydrogens (tertiary/aromatic N) is 1. The van der Waals surface area contributed by atoms with E-state index in [0.717, 1.165) is 36.3 Å². The van der Waals surface area contributed by atoms with Gasteiger partial charge in [0.25, 0.3) is 5.91 Å². The van der Waals surface area contributed by atoms with Crippen molar-refractivity contribution in [2.24, 2.45) is 11.3 Å². The molecule has 0 saturated heterocycles. The van der Waals surface area contributed by atoms with Crippen LogP contribution in [0.5, 0.6) is 0 Å². The van der Waals surface area contributed by atoms with Gasteiger partial charge in [-0.15, -0.1) is 11.3 Å². The number of fused-ring (bicyclic) bond motifs is 1. The van der Waals surface area contributed by atoms with Gasteiger partial charge in [0.15, 0.2) is 0 Å². The first-order valence-electron chi connectivity index (χ1n) is 9.77. The van der Waals surface area contributed by atoms with E-state index in [-0.39, 0.29) is 23.7 Å². The maximum Gasteiger partial charge on any atom is 0.279 e. The summed E-state index contributed by atoms with van der Waals surface area (Å²) in [6.45, 7) is 10.5. The normalized spacial score (nSPS) is 16.5. The van der Waals surface area contributed by atoms with Crippen LogP contribution in [0.25, 0.3) is 0 Å². The standard InChI is InChI=1S/C21H29N3O3S/c1-12-16(13(2)27-24-12)7-9-19(25)22-23-20(26)18-11-14-10-15(21(3,4)5)6-8-17(14)28-18/h11,15H,6-10H2,1-5H3,(H,22,25)(H,23,26)/t15-/m0/s1. The van der Waals surface area contributed by atoms with Crippen molar-refractivity contribution in [1.29, 1.82) is 0 Å². The molecule has 1 atom stereocenters. The average molecular weight is 404 g/mol. The molecule has 2 aromatic heterocycles. The molecule has 28 heavy (non-hydrogen) atoms. The van der Waals surface area contributed by atoms with E-state index >= 15 is 0 Å². The topological polar surface area (TPSA) is 84.2 Å². The van der Waals surface area contributed by atoms with Crippen molar-refractivity contribution in [2.75, 3.05) is 0 Å². The molecule has 1 aliphatic carbocycles. The zero-order chi connectivity index (χ0) is 20.5. The lowest BCUT2D eigenvalue weighted by molar-refractivity contribution is -0.121. The van der Waals surface area contributed by atoms with Gasteiger partial charge >= 0.3 is 0 Å². The number of nitrogens with one attached hydrogen (secondary N) is 2. The second-order valence-electron chi connectivity index (χ2n) is 8.67. The third kappa shape index (κ3) is 4.63. The molecule has 2 N–H and O–H groups in total. The van der Waals surface area contributed by atoms with Crippen molar-refractivity contribution in [3.05, 3.63) is 38.4 Å². The number of aryl methyl sites for hydroxylation is 3. The Morgan fingerprint density at radius 1 is 1.29 bits per heavy atom. The number of carbonyl (C=O) groups is 2. The second kappa shape index (κ2) is 8.07. The molecule has 152 valence electrons. The van der Waals surface area contributed by atoms with Crippen LogP contribution in [-0.2, 0) is 24.1 Å². The third-order valence-electron chi connectivity index (χ3n) is 5.63. The van der Waals surface area contributed by atoms with E-state index in [4.69, 9.17) is 4.52 Å². The molecule has 0 fully saturated rings. The summed E-state index contributed by atoms with van der Waals surface area (Å²) < 4.78 is 5.10. The lowest BCUT2D eigenvalue weighted by Gasteiger charge is -2.33. The molecule has 7 heteroatoms. The maximum atomic E-state index is 12.4. The summed E-state index contributed by atoms with van der Waals surface area (Å²) in [6.07, 6.45) is 4.00. The van der Waals surface area contributed by atoms with Crippen molar-refractivity contribution < 1.29 is 14.1 Å². The quantitative estimate of drug-likeness (QED) is 0.759. The van der Waals surface area contributed by atoms with E-state index in [1.165, 1.54) is 21.8 Å². The van der Waals surface area contributed by atoms with Crippen LogP contribution < -0.4 is 10.9 Å². The fraction of sp³-hybridized carbons (Fsp3) is 0.571.